The molecule has 0 aliphatic rings. The third-order valence-electron chi connectivity index (χ3n) is 2.24. The summed E-state index contributed by atoms with van der Waals surface area (Å²) in [6, 6.07) is 4.67. The lowest BCUT2D eigenvalue weighted by Crippen LogP contribution is -2.34. The van der Waals surface area contributed by atoms with Crippen LogP contribution in [0, 0.1) is 0 Å². The van der Waals surface area contributed by atoms with Crippen molar-refractivity contribution in [2.24, 2.45) is 5.84 Å². The normalized spacial score (nSPS) is 12.6. The van der Waals surface area contributed by atoms with E-state index in [9.17, 15) is 0 Å². The molecule has 1 atom stereocenters. The molecule has 1 aromatic heterocycles. The van der Waals surface area contributed by atoms with Crippen LogP contribution in [0.4, 0.5) is 0 Å². The number of hydrogen-bond acceptors (Lipinski definition) is 3. The number of nitrogens with two attached hydrogens (primary N) is 1. The van der Waals surface area contributed by atoms with Crippen molar-refractivity contribution in [2.75, 3.05) is 0 Å². The van der Waals surface area contributed by atoms with Crippen molar-refractivity contribution >= 4 is 11.3 Å². The average Bonchev–Trinajstić information content (AvgIpc) is 2.69. The van der Waals surface area contributed by atoms with Crippen molar-refractivity contribution in [1.29, 1.82) is 0 Å². The van der Waals surface area contributed by atoms with Gasteiger partial charge < -0.3 is 0 Å². The van der Waals surface area contributed by atoms with Gasteiger partial charge in [-0.05, 0) is 37.1 Å². The summed E-state index contributed by atoms with van der Waals surface area (Å²) in [4.78, 5) is 1.46. The van der Waals surface area contributed by atoms with Gasteiger partial charge in [0.1, 0.15) is 0 Å². The Hall–Kier alpha value is -0.640. The average molecular weight is 210 g/mol. The van der Waals surface area contributed by atoms with Crippen LogP contribution in [0.2, 0.25) is 0 Å². The molecule has 78 valence electrons. The summed E-state index contributed by atoms with van der Waals surface area (Å²) in [5.74, 6) is 5.42. The van der Waals surface area contributed by atoms with Gasteiger partial charge in [-0.2, -0.15) is 0 Å². The lowest BCUT2D eigenvalue weighted by Gasteiger charge is -2.12. The molecule has 1 aromatic rings. The molecule has 1 heterocycles. The minimum Gasteiger partial charge on any atom is -0.271 e. The minimum atomic E-state index is 0.382. The molecule has 2 nitrogen and oxygen atoms in total. The number of aryl methyl sites for hydroxylation is 1. The van der Waals surface area contributed by atoms with Gasteiger partial charge in [0.15, 0.2) is 0 Å². The van der Waals surface area contributed by atoms with Crippen molar-refractivity contribution < 1.29 is 0 Å². The molecule has 0 aliphatic heterocycles. The van der Waals surface area contributed by atoms with Crippen molar-refractivity contribution in [1.82, 2.24) is 5.43 Å². The molecule has 1 unspecified atom stereocenters. The fourth-order valence-electron chi connectivity index (χ4n) is 1.45. The van der Waals surface area contributed by atoms with E-state index in [2.05, 4.69) is 29.5 Å². The van der Waals surface area contributed by atoms with E-state index in [4.69, 9.17) is 5.84 Å². The Morgan fingerprint density at radius 1 is 1.64 bits per heavy atom. The number of thiophene rings is 1. The van der Waals surface area contributed by atoms with Gasteiger partial charge in [-0.25, -0.2) is 0 Å². The fraction of sp³-hybridized carbons (Fsp3) is 0.455. The van der Waals surface area contributed by atoms with Gasteiger partial charge in [0.2, 0.25) is 0 Å². The lowest BCUT2D eigenvalue weighted by molar-refractivity contribution is 0.484. The fourth-order valence-corrected chi connectivity index (χ4v) is 2.20. The Labute approximate surface area is 89.8 Å². The second kappa shape index (κ2) is 6.76. The van der Waals surface area contributed by atoms with Crippen LogP contribution in [-0.2, 0) is 6.42 Å². The Kier molecular flexibility index (Phi) is 5.52. The molecule has 3 heteroatoms. The summed E-state index contributed by atoms with van der Waals surface area (Å²) in [5.41, 5.74) is 2.82. The molecule has 0 saturated carbocycles. The summed E-state index contributed by atoms with van der Waals surface area (Å²) in [6.45, 7) is 3.71. The van der Waals surface area contributed by atoms with Crippen LogP contribution in [0.5, 0.6) is 0 Å². The van der Waals surface area contributed by atoms with Crippen LogP contribution in [-0.4, -0.2) is 6.04 Å². The maximum absolute atomic E-state index is 5.42. The molecule has 0 spiro atoms. The van der Waals surface area contributed by atoms with Crippen LogP contribution in [0.1, 0.15) is 24.1 Å². The van der Waals surface area contributed by atoms with Crippen molar-refractivity contribution in [3.8, 4) is 0 Å². The van der Waals surface area contributed by atoms with Crippen LogP contribution < -0.4 is 11.3 Å². The van der Waals surface area contributed by atoms with Gasteiger partial charge in [0.05, 0.1) is 0 Å². The molecule has 0 fully saturated rings. The van der Waals surface area contributed by atoms with Gasteiger partial charge in [0, 0.05) is 10.9 Å². The van der Waals surface area contributed by atoms with E-state index < -0.39 is 0 Å². The van der Waals surface area contributed by atoms with Crippen molar-refractivity contribution in [3.05, 3.63) is 35.0 Å². The molecule has 0 saturated heterocycles. The van der Waals surface area contributed by atoms with E-state index in [-0.39, 0.29) is 0 Å². The van der Waals surface area contributed by atoms with Gasteiger partial charge in [-0.15, -0.1) is 17.9 Å². The maximum atomic E-state index is 5.42. The van der Waals surface area contributed by atoms with Crippen molar-refractivity contribution in [2.45, 2.75) is 31.7 Å². The van der Waals surface area contributed by atoms with Crippen LogP contribution in [0.25, 0.3) is 0 Å². The van der Waals surface area contributed by atoms with E-state index in [0.717, 1.165) is 19.3 Å². The lowest BCUT2D eigenvalue weighted by atomic mass is 10.1. The van der Waals surface area contributed by atoms with Gasteiger partial charge in [0.25, 0.3) is 0 Å². The summed E-state index contributed by atoms with van der Waals surface area (Å²) in [5, 5.41) is 2.12. The Balaban J connectivity index is 2.16. The Morgan fingerprint density at radius 2 is 2.50 bits per heavy atom. The first-order chi connectivity index (χ1) is 6.86. The molecule has 3 N–H and O–H groups in total. The Morgan fingerprint density at radius 3 is 3.07 bits per heavy atom. The number of nitrogens with one attached hydrogen (secondary N) is 1. The topological polar surface area (TPSA) is 38.0 Å². The molecule has 0 radical (unpaired) electrons. The number of rotatable bonds is 7. The molecular formula is C11H18N2S. The smallest absolute Gasteiger partial charge is 0.0245 e. The SMILES string of the molecule is C=CCC(CCCc1cccs1)NN. The minimum absolute atomic E-state index is 0.382. The highest BCUT2D eigenvalue weighted by Crippen LogP contribution is 2.13. The van der Waals surface area contributed by atoms with Crippen LogP contribution in [0.15, 0.2) is 30.2 Å². The van der Waals surface area contributed by atoms with Crippen LogP contribution in [0.3, 0.4) is 0 Å². The van der Waals surface area contributed by atoms with E-state index in [0.29, 0.717) is 6.04 Å². The third kappa shape index (κ3) is 4.05. The first kappa shape index (κ1) is 11.4. The molecule has 0 amide bonds. The highest BCUT2D eigenvalue weighted by molar-refractivity contribution is 7.09. The zero-order valence-corrected chi connectivity index (χ0v) is 9.22. The zero-order chi connectivity index (χ0) is 10.2. The zero-order valence-electron chi connectivity index (χ0n) is 8.41. The molecule has 0 aromatic carbocycles. The van der Waals surface area contributed by atoms with E-state index in [1.165, 1.54) is 11.3 Å². The first-order valence-corrected chi connectivity index (χ1v) is 5.84. The molecule has 1 rings (SSSR count). The number of hydrazine groups is 1. The summed E-state index contributed by atoms with van der Waals surface area (Å²) in [6.07, 6.45) is 6.31. The standard InChI is InChI=1S/C11H18N2S/c1-2-5-10(13-12)6-3-7-11-8-4-9-14-11/h2,4,8-10,13H,1,3,5-7,12H2. The third-order valence-corrected chi connectivity index (χ3v) is 3.18. The van der Waals surface area contributed by atoms with Crippen molar-refractivity contribution in [3.63, 3.8) is 0 Å². The quantitative estimate of drug-likeness (QED) is 0.412. The monoisotopic (exact) mass is 210 g/mol. The van der Waals surface area contributed by atoms with Gasteiger partial charge in [-0.1, -0.05) is 12.1 Å². The van der Waals surface area contributed by atoms with E-state index in [1.807, 2.05) is 17.4 Å². The highest BCUT2D eigenvalue weighted by atomic mass is 32.1. The predicted molar refractivity (Wildman–Crippen MR) is 63.2 cm³/mol. The number of hydrogen-bond donors (Lipinski definition) is 2. The van der Waals surface area contributed by atoms with Gasteiger partial charge in [-0.3, -0.25) is 11.3 Å². The molecule has 0 bridgehead atoms. The van der Waals surface area contributed by atoms with Gasteiger partial charge >= 0.3 is 0 Å². The Bertz CT molecular complexity index is 244. The highest BCUT2D eigenvalue weighted by Gasteiger charge is 2.03. The molecular weight excluding hydrogens is 192 g/mol. The summed E-state index contributed by atoms with van der Waals surface area (Å²) < 4.78 is 0. The van der Waals surface area contributed by atoms with E-state index in [1.54, 1.807) is 0 Å². The molecule has 14 heavy (non-hydrogen) atoms. The second-order valence-electron chi connectivity index (χ2n) is 3.36. The summed E-state index contributed by atoms with van der Waals surface area (Å²) >= 11 is 1.82. The maximum Gasteiger partial charge on any atom is 0.0245 e. The first-order valence-electron chi connectivity index (χ1n) is 4.96. The predicted octanol–water partition coefficient (Wildman–Crippen LogP) is 2.48. The second-order valence-corrected chi connectivity index (χ2v) is 4.39. The molecule has 0 aliphatic carbocycles. The van der Waals surface area contributed by atoms with E-state index >= 15 is 0 Å². The summed E-state index contributed by atoms with van der Waals surface area (Å²) in [7, 11) is 0. The largest absolute Gasteiger partial charge is 0.271 e. The van der Waals surface area contributed by atoms with Crippen LogP contribution >= 0.6 is 11.3 Å².